The Morgan fingerprint density at radius 2 is 1.23 bits per heavy atom. The van der Waals surface area contributed by atoms with E-state index in [4.69, 9.17) is 0 Å². The number of carbonyl (C=O) groups is 3. The average molecular weight is 559 g/mol. The Balaban J connectivity index is 2.04. The van der Waals surface area contributed by atoms with Crippen molar-refractivity contribution in [3.63, 3.8) is 0 Å². The molecule has 0 aliphatic heterocycles. The summed E-state index contributed by atoms with van der Waals surface area (Å²) < 4.78 is 0. The summed E-state index contributed by atoms with van der Waals surface area (Å²) in [5.41, 5.74) is 1.07. The van der Waals surface area contributed by atoms with E-state index < -0.39 is 6.04 Å². The van der Waals surface area contributed by atoms with Crippen molar-refractivity contribution in [3.8, 4) is 0 Å². The Morgan fingerprint density at radius 1 is 0.700 bits per heavy atom. The highest BCUT2D eigenvalue weighted by Crippen LogP contribution is 2.11. The zero-order valence-corrected chi connectivity index (χ0v) is 25.8. The molecule has 0 aromatic carbocycles. The van der Waals surface area contributed by atoms with Crippen LogP contribution in [0.4, 0.5) is 0 Å². The minimum atomic E-state index is -0.435. The fraction of sp³-hybridized carbons (Fsp3) is 0.758. The summed E-state index contributed by atoms with van der Waals surface area (Å²) in [4.78, 5) is 41.1. The second kappa shape index (κ2) is 24.4. The van der Waals surface area contributed by atoms with Crippen LogP contribution in [0.15, 0.2) is 24.5 Å². The van der Waals surface area contributed by atoms with E-state index in [1.165, 1.54) is 44.9 Å². The Hall–Kier alpha value is -2.44. The fourth-order valence-corrected chi connectivity index (χ4v) is 4.81. The molecule has 1 aromatic rings. The maximum absolute atomic E-state index is 12.7. The van der Waals surface area contributed by atoms with Crippen molar-refractivity contribution in [2.75, 3.05) is 6.54 Å². The fourth-order valence-electron chi connectivity index (χ4n) is 4.81. The number of hydrogen-bond donors (Lipinski definition) is 3. The summed E-state index contributed by atoms with van der Waals surface area (Å²) in [7, 11) is 0. The minimum absolute atomic E-state index is 0.0000554. The summed E-state index contributed by atoms with van der Waals surface area (Å²) in [6.45, 7) is 7.62. The first-order valence-corrected chi connectivity index (χ1v) is 16.1. The van der Waals surface area contributed by atoms with Gasteiger partial charge in [0.25, 0.3) is 0 Å². The molecule has 0 saturated heterocycles. The zero-order chi connectivity index (χ0) is 29.3. The van der Waals surface area contributed by atoms with Crippen LogP contribution >= 0.6 is 0 Å². The lowest BCUT2D eigenvalue weighted by molar-refractivity contribution is -0.129. The lowest BCUT2D eigenvalue weighted by Crippen LogP contribution is -2.47. The molecule has 0 fully saturated rings. The maximum atomic E-state index is 12.7. The molecule has 40 heavy (non-hydrogen) atoms. The molecule has 3 N–H and O–H groups in total. The van der Waals surface area contributed by atoms with Gasteiger partial charge in [-0.25, -0.2) is 0 Å². The highest BCUT2D eigenvalue weighted by molar-refractivity contribution is 5.87. The third-order valence-electron chi connectivity index (χ3n) is 7.24. The number of hydrogen-bond acceptors (Lipinski definition) is 4. The second-order valence-electron chi connectivity index (χ2n) is 11.6. The van der Waals surface area contributed by atoms with Crippen LogP contribution in [-0.4, -0.2) is 35.3 Å². The Morgan fingerprint density at radius 3 is 1.80 bits per heavy atom. The maximum Gasteiger partial charge on any atom is 0.242 e. The van der Waals surface area contributed by atoms with Gasteiger partial charge in [-0.3, -0.25) is 19.4 Å². The van der Waals surface area contributed by atoms with Gasteiger partial charge >= 0.3 is 0 Å². The van der Waals surface area contributed by atoms with Gasteiger partial charge < -0.3 is 16.0 Å². The highest BCUT2D eigenvalue weighted by atomic mass is 16.2. The van der Waals surface area contributed by atoms with Crippen molar-refractivity contribution >= 4 is 17.7 Å². The molecule has 1 rings (SSSR count). The molecule has 0 spiro atoms. The summed E-state index contributed by atoms with van der Waals surface area (Å²) in [5, 5.41) is 9.00. The zero-order valence-electron chi connectivity index (χ0n) is 25.8. The van der Waals surface area contributed by atoms with Crippen LogP contribution in [0.2, 0.25) is 0 Å². The topological polar surface area (TPSA) is 100 Å². The highest BCUT2D eigenvalue weighted by Gasteiger charge is 2.21. The molecular formula is C33H58N4O3. The molecule has 1 atom stereocenters. The van der Waals surface area contributed by atoms with Crippen molar-refractivity contribution in [1.29, 1.82) is 0 Å². The van der Waals surface area contributed by atoms with Crippen LogP contribution in [0.5, 0.6) is 0 Å². The number of nitrogens with one attached hydrogen (secondary N) is 3. The van der Waals surface area contributed by atoms with Crippen molar-refractivity contribution in [2.24, 2.45) is 5.92 Å². The first kappa shape index (κ1) is 35.6. The van der Waals surface area contributed by atoms with E-state index in [1.54, 1.807) is 12.4 Å². The molecular weight excluding hydrogens is 500 g/mol. The molecule has 0 saturated carbocycles. The molecule has 0 unspecified atom stereocenters. The number of rotatable bonds is 25. The number of nitrogens with zero attached hydrogens (tertiary/aromatic N) is 1. The minimum Gasteiger partial charge on any atom is -0.354 e. The van der Waals surface area contributed by atoms with E-state index in [1.807, 2.05) is 12.1 Å². The third kappa shape index (κ3) is 20.5. The van der Waals surface area contributed by atoms with Gasteiger partial charge in [-0.1, -0.05) is 97.8 Å². The lowest BCUT2D eigenvalue weighted by atomic mass is 10.0. The van der Waals surface area contributed by atoms with Crippen molar-refractivity contribution in [1.82, 2.24) is 20.9 Å². The molecule has 0 aliphatic rings. The van der Waals surface area contributed by atoms with Gasteiger partial charge in [-0.05, 0) is 49.3 Å². The smallest absolute Gasteiger partial charge is 0.242 e. The van der Waals surface area contributed by atoms with Crippen LogP contribution in [-0.2, 0) is 20.9 Å². The average Bonchev–Trinajstić information content (AvgIpc) is 2.94. The van der Waals surface area contributed by atoms with Crippen LogP contribution in [0.25, 0.3) is 0 Å². The largest absolute Gasteiger partial charge is 0.354 e. The van der Waals surface area contributed by atoms with Crippen LogP contribution in [0.3, 0.4) is 0 Å². The van der Waals surface area contributed by atoms with E-state index in [0.717, 1.165) is 56.9 Å². The van der Waals surface area contributed by atoms with E-state index in [0.29, 0.717) is 38.3 Å². The van der Waals surface area contributed by atoms with Crippen LogP contribution < -0.4 is 16.0 Å². The van der Waals surface area contributed by atoms with Gasteiger partial charge in [-0.2, -0.15) is 0 Å². The third-order valence-corrected chi connectivity index (χ3v) is 7.24. The molecule has 7 nitrogen and oxygen atoms in total. The van der Waals surface area contributed by atoms with Gasteiger partial charge in [-0.15, -0.1) is 0 Å². The van der Waals surface area contributed by atoms with E-state index in [9.17, 15) is 14.4 Å². The lowest BCUT2D eigenvalue weighted by Gasteiger charge is -2.20. The Bertz CT molecular complexity index is 785. The van der Waals surface area contributed by atoms with Gasteiger partial charge in [0.1, 0.15) is 6.04 Å². The molecule has 7 heteroatoms. The van der Waals surface area contributed by atoms with Crippen LogP contribution in [0.1, 0.15) is 142 Å². The summed E-state index contributed by atoms with van der Waals surface area (Å²) in [6, 6.07) is 3.39. The monoisotopic (exact) mass is 558 g/mol. The molecule has 1 heterocycles. The standard InChI is InChI=1S/C33H58N4O3/c1-4-5-6-7-10-14-17-20-32(39)37-30(26-28(2)3)33(40)35-23-18-15-12-9-8-11-13-16-19-31(38)36-27-29-21-24-34-25-22-29/h21-22,24-25,28,30H,4-20,23,26-27H2,1-3H3,(H,35,40)(H,36,38)(H,37,39)/t30-/m0/s1. The predicted octanol–water partition coefficient (Wildman–Crippen LogP) is 7.00. The quantitative estimate of drug-likeness (QED) is 0.113. The van der Waals surface area contributed by atoms with E-state index >= 15 is 0 Å². The summed E-state index contributed by atoms with van der Waals surface area (Å²) in [6.07, 6.45) is 22.3. The molecule has 0 bridgehead atoms. The molecule has 3 amide bonds. The molecule has 228 valence electrons. The first-order chi connectivity index (χ1) is 19.4. The van der Waals surface area contributed by atoms with Crippen molar-refractivity contribution < 1.29 is 14.4 Å². The SMILES string of the molecule is CCCCCCCCCC(=O)N[C@@H](CC(C)C)C(=O)NCCCCCCCCCCC(=O)NCc1ccncc1. The number of amides is 3. The Labute approximate surface area is 244 Å². The van der Waals surface area contributed by atoms with Crippen molar-refractivity contribution in [3.05, 3.63) is 30.1 Å². The van der Waals surface area contributed by atoms with Crippen molar-refractivity contribution in [2.45, 2.75) is 149 Å². The molecule has 1 aromatic heterocycles. The number of carbonyl (C=O) groups excluding carboxylic acids is 3. The van der Waals surface area contributed by atoms with Gasteiger partial charge in [0.15, 0.2) is 0 Å². The molecule has 0 radical (unpaired) electrons. The van der Waals surface area contributed by atoms with E-state index in [2.05, 4.69) is 41.7 Å². The van der Waals surface area contributed by atoms with Crippen LogP contribution in [0, 0.1) is 5.92 Å². The normalized spacial score (nSPS) is 11.8. The number of pyridine rings is 1. The first-order valence-electron chi connectivity index (χ1n) is 16.1. The molecule has 0 aliphatic carbocycles. The number of unbranched alkanes of at least 4 members (excludes halogenated alkanes) is 13. The predicted molar refractivity (Wildman–Crippen MR) is 165 cm³/mol. The van der Waals surface area contributed by atoms with Gasteiger partial charge in [0.2, 0.25) is 17.7 Å². The summed E-state index contributed by atoms with van der Waals surface area (Å²) >= 11 is 0. The van der Waals surface area contributed by atoms with Gasteiger partial charge in [0.05, 0.1) is 0 Å². The Kier molecular flexibility index (Phi) is 21.7. The second-order valence-corrected chi connectivity index (χ2v) is 11.6. The van der Waals surface area contributed by atoms with Gasteiger partial charge in [0, 0.05) is 38.3 Å². The summed E-state index contributed by atoms with van der Waals surface area (Å²) in [5.74, 6) is 0.407. The van der Waals surface area contributed by atoms with E-state index in [-0.39, 0.29) is 17.7 Å². The number of aromatic nitrogens is 1.